The largest absolute Gasteiger partial charge is 0.444 e. The minimum Gasteiger partial charge on any atom is -0.444 e. The first-order valence-corrected chi connectivity index (χ1v) is 10.8. The summed E-state index contributed by atoms with van der Waals surface area (Å²) in [7, 11) is 0. The Morgan fingerprint density at radius 3 is 2.29 bits per heavy atom. The van der Waals surface area contributed by atoms with E-state index in [0.29, 0.717) is 0 Å². The van der Waals surface area contributed by atoms with Crippen LogP contribution in [0, 0.1) is 5.92 Å². The summed E-state index contributed by atoms with van der Waals surface area (Å²) < 4.78 is 5.45. The molecule has 134 valence electrons. The zero-order valence-corrected chi connectivity index (χ0v) is 16.8. The van der Waals surface area contributed by atoms with Crippen molar-refractivity contribution in [2.75, 3.05) is 25.1 Å². The number of amides is 1. The normalized spacial score (nSPS) is 16.2. The number of carbonyl (C=O) groups excluding carboxylic acids is 1. The van der Waals surface area contributed by atoms with Crippen molar-refractivity contribution in [2.24, 2.45) is 5.92 Å². The van der Waals surface area contributed by atoms with Gasteiger partial charge >= 0.3 is 6.09 Å². The predicted molar refractivity (Wildman–Crippen MR) is 104 cm³/mol. The van der Waals surface area contributed by atoms with Crippen molar-refractivity contribution in [1.29, 1.82) is 0 Å². The second-order valence-electron chi connectivity index (χ2n) is 7.22. The number of hydrogen-bond donors (Lipinski definition) is 0. The maximum absolute atomic E-state index is 12.1. The molecule has 0 N–H and O–H groups in total. The molecule has 1 aliphatic heterocycles. The number of rotatable bonds is 5. The maximum atomic E-state index is 12.1. The first kappa shape index (κ1) is 19.5. The molecule has 24 heavy (non-hydrogen) atoms. The molecule has 5 heteroatoms. The van der Waals surface area contributed by atoms with Gasteiger partial charge in [0.15, 0.2) is 0 Å². The first-order chi connectivity index (χ1) is 11.4. The Labute approximate surface area is 154 Å². The van der Waals surface area contributed by atoms with Gasteiger partial charge < -0.3 is 9.64 Å². The molecule has 1 amide bonds. The van der Waals surface area contributed by atoms with Crippen LogP contribution >= 0.6 is 23.5 Å². The third kappa shape index (κ3) is 6.60. The van der Waals surface area contributed by atoms with Gasteiger partial charge in [-0.3, -0.25) is 0 Å². The van der Waals surface area contributed by atoms with E-state index < -0.39 is 5.60 Å². The molecular weight excluding hydrogens is 338 g/mol. The molecule has 3 nitrogen and oxygen atoms in total. The fourth-order valence-electron chi connectivity index (χ4n) is 2.75. The average molecular weight is 368 g/mol. The Bertz CT molecular complexity index is 517. The summed E-state index contributed by atoms with van der Waals surface area (Å²) in [5, 5.41) is 0. The lowest BCUT2D eigenvalue weighted by molar-refractivity contribution is 0.0183. The van der Waals surface area contributed by atoms with Gasteiger partial charge in [-0.05, 0) is 82.2 Å². The number of piperidine rings is 1. The van der Waals surface area contributed by atoms with Crippen LogP contribution in [-0.4, -0.2) is 41.7 Å². The molecule has 0 atom stereocenters. The molecule has 0 spiro atoms. The lowest BCUT2D eigenvalue weighted by atomic mass is 9.95. The van der Waals surface area contributed by atoms with Crippen LogP contribution in [0.2, 0.25) is 0 Å². The molecule has 1 saturated heterocycles. The van der Waals surface area contributed by atoms with Crippen molar-refractivity contribution in [3.05, 3.63) is 24.3 Å². The SMILES string of the molecule is CSc1ccc(SCCC2CCN(C(=O)OC(C)(C)C)CC2)cc1. The fraction of sp³-hybridized carbons (Fsp3) is 0.632. The van der Waals surface area contributed by atoms with Crippen molar-refractivity contribution >= 4 is 29.6 Å². The quantitative estimate of drug-likeness (QED) is 0.639. The van der Waals surface area contributed by atoms with E-state index in [2.05, 4.69) is 30.5 Å². The van der Waals surface area contributed by atoms with Crippen LogP contribution in [0.15, 0.2) is 34.1 Å². The third-order valence-electron chi connectivity index (χ3n) is 4.12. The fourth-order valence-corrected chi connectivity index (χ4v) is 4.17. The van der Waals surface area contributed by atoms with Gasteiger partial charge in [-0.1, -0.05) is 0 Å². The Morgan fingerprint density at radius 1 is 1.17 bits per heavy atom. The summed E-state index contributed by atoms with van der Waals surface area (Å²) in [5.74, 6) is 1.87. The van der Waals surface area contributed by atoms with Crippen molar-refractivity contribution in [3.8, 4) is 0 Å². The molecule has 1 fully saturated rings. The molecule has 2 rings (SSSR count). The molecule has 1 aromatic carbocycles. The summed E-state index contributed by atoms with van der Waals surface area (Å²) in [6.45, 7) is 7.40. The highest BCUT2D eigenvalue weighted by molar-refractivity contribution is 7.99. The molecule has 1 aromatic rings. The first-order valence-electron chi connectivity index (χ1n) is 8.62. The van der Waals surface area contributed by atoms with Crippen molar-refractivity contribution in [3.63, 3.8) is 0 Å². The van der Waals surface area contributed by atoms with E-state index in [0.717, 1.165) is 37.6 Å². The Balaban J connectivity index is 1.66. The van der Waals surface area contributed by atoms with Crippen molar-refractivity contribution in [2.45, 2.75) is 55.4 Å². The van der Waals surface area contributed by atoms with Crippen LogP contribution in [0.3, 0.4) is 0 Å². The van der Waals surface area contributed by atoms with E-state index in [1.807, 2.05) is 37.4 Å². The smallest absolute Gasteiger partial charge is 0.410 e. The van der Waals surface area contributed by atoms with Crippen molar-refractivity contribution in [1.82, 2.24) is 4.90 Å². The number of hydrogen-bond acceptors (Lipinski definition) is 4. The maximum Gasteiger partial charge on any atom is 0.410 e. The van der Waals surface area contributed by atoms with E-state index in [1.54, 1.807) is 11.8 Å². The summed E-state index contributed by atoms with van der Waals surface area (Å²) in [6.07, 6.45) is 5.34. The number of benzene rings is 1. The van der Waals surface area contributed by atoms with E-state index >= 15 is 0 Å². The number of nitrogens with zero attached hydrogens (tertiary/aromatic N) is 1. The molecule has 0 radical (unpaired) electrons. The highest BCUT2D eigenvalue weighted by Crippen LogP contribution is 2.27. The van der Waals surface area contributed by atoms with Crippen LogP contribution in [0.5, 0.6) is 0 Å². The Morgan fingerprint density at radius 2 is 1.75 bits per heavy atom. The van der Waals surface area contributed by atoms with E-state index in [4.69, 9.17) is 4.74 Å². The monoisotopic (exact) mass is 367 g/mol. The molecule has 0 aromatic heterocycles. The number of ether oxygens (including phenoxy) is 1. The van der Waals surface area contributed by atoms with E-state index in [1.165, 1.54) is 16.2 Å². The van der Waals surface area contributed by atoms with Crippen LogP contribution in [0.1, 0.15) is 40.0 Å². The molecule has 1 aliphatic rings. The van der Waals surface area contributed by atoms with Crippen LogP contribution in [0.4, 0.5) is 4.79 Å². The van der Waals surface area contributed by atoms with Gasteiger partial charge in [-0.2, -0.15) is 0 Å². The minimum absolute atomic E-state index is 0.163. The van der Waals surface area contributed by atoms with Gasteiger partial charge in [0.2, 0.25) is 0 Å². The van der Waals surface area contributed by atoms with Crippen LogP contribution < -0.4 is 0 Å². The zero-order chi connectivity index (χ0) is 17.6. The molecule has 0 bridgehead atoms. The van der Waals surface area contributed by atoms with Gasteiger partial charge in [0, 0.05) is 22.9 Å². The lowest BCUT2D eigenvalue weighted by Crippen LogP contribution is -2.41. The second kappa shape index (κ2) is 9.04. The average Bonchev–Trinajstić information content (AvgIpc) is 2.54. The molecule has 0 unspecified atom stereocenters. The lowest BCUT2D eigenvalue weighted by Gasteiger charge is -2.33. The van der Waals surface area contributed by atoms with E-state index in [9.17, 15) is 4.79 Å². The zero-order valence-electron chi connectivity index (χ0n) is 15.2. The molecular formula is C19H29NO2S2. The summed E-state index contributed by atoms with van der Waals surface area (Å²) in [4.78, 5) is 16.6. The van der Waals surface area contributed by atoms with Gasteiger partial charge in [0.1, 0.15) is 5.60 Å². The summed E-state index contributed by atoms with van der Waals surface area (Å²) in [5.41, 5.74) is -0.406. The summed E-state index contributed by atoms with van der Waals surface area (Å²) in [6, 6.07) is 8.79. The highest BCUT2D eigenvalue weighted by Gasteiger charge is 2.26. The Kier molecular flexibility index (Phi) is 7.35. The van der Waals surface area contributed by atoms with Crippen LogP contribution in [0.25, 0.3) is 0 Å². The van der Waals surface area contributed by atoms with Gasteiger partial charge in [0.25, 0.3) is 0 Å². The number of likely N-dealkylation sites (tertiary alicyclic amines) is 1. The topological polar surface area (TPSA) is 29.5 Å². The molecule has 0 aliphatic carbocycles. The highest BCUT2D eigenvalue weighted by atomic mass is 32.2. The molecule has 0 saturated carbocycles. The Hall–Kier alpha value is -0.810. The molecule has 1 heterocycles. The van der Waals surface area contributed by atoms with E-state index in [-0.39, 0.29) is 6.09 Å². The van der Waals surface area contributed by atoms with Gasteiger partial charge in [-0.15, -0.1) is 23.5 Å². The van der Waals surface area contributed by atoms with Gasteiger partial charge in [-0.25, -0.2) is 4.79 Å². The van der Waals surface area contributed by atoms with Crippen molar-refractivity contribution < 1.29 is 9.53 Å². The standard InChI is InChI=1S/C19H29NO2S2/c1-19(2,3)22-18(21)20-12-9-15(10-13-20)11-14-24-17-7-5-16(23-4)6-8-17/h5-8,15H,9-14H2,1-4H3. The second-order valence-corrected chi connectivity index (χ2v) is 9.27. The predicted octanol–water partition coefficient (Wildman–Crippen LogP) is 5.54. The number of carbonyl (C=O) groups is 1. The van der Waals surface area contributed by atoms with Gasteiger partial charge in [0.05, 0.1) is 0 Å². The van der Waals surface area contributed by atoms with Crippen LogP contribution in [-0.2, 0) is 4.74 Å². The minimum atomic E-state index is -0.406. The number of thioether (sulfide) groups is 2. The summed E-state index contributed by atoms with van der Waals surface area (Å²) >= 11 is 3.71. The third-order valence-corrected chi connectivity index (χ3v) is 5.91.